The maximum absolute atomic E-state index is 12.7. The second-order valence-corrected chi connectivity index (χ2v) is 5.12. The molecule has 1 saturated heterocycles. The van der Waals surface area contributed by atoms with Crippen LogP contribution in [0.2, 0.25) is 0 Å². The van der Waals surface area contributed by atoms with Gasteiger partial charge in [0.1, 0.15) is 11.6 Å². The number of piperidine rings is 1. The first-order chi connectivity index (χ1) is 8.96. The number of aliphatic hydroxyl groups is 1. The van der Waals surface area contributed by atoms with Gasteiger partial charge in [-0.1, -0.05) is 0 Å². The van der Waals surface area contributed by atoms with Gasteiger partial charge in [-0.25, -0.2) is 4.39 Å². The number of hydrogen-bond acceptors (Lipinski definition) is 3. The number of benzene rings is 1. The van der Waals surface area contributed by atoms with E-state index in [1.165, 1.54) is 24.3 Å². The average Bonchev–Trinajstić information content (AvgIpc) is 2.37. The highest BCUT2D eigenvalue weighted by Crippen LogP contribution is 2.21. The zero-order chi connectivity index (χ0) is 13.9. The number of carbonyl (C=O) groups excluding carboxylic acids is 1. The van der Waals surface area contributed by atoms with Crippen molar-refractivity contribution in [2.24, 2.45) is 0 Å². The predicted molar refractivity (Wildman–Crippen MR) is 68.3 cm³/mol. The molecule has 5 heteroatoms. The van der Waals surface area contributed by atoms with Gasteiger partial charge in [-0.3, -0.25) is 4.79 Å². The molecule has 1 fully saturated rings. The van der Waals surface area contributed by atoms with E-state index >= 15 is 0 Å². The lowest BCUT2D eigenvalue weighted by Gasteiger charge is -2.35. The fourth-order valence-corrected chi connectivity index (χ4v) is 2.01. The van der Waals surface area contributed by atoms with Crippen LogP contribution < -0.4 is 4.74 Å². The molecule has 1 heterocycles. The topological polar surface area (TPSA) is 49.8 Å². The lowest BCUT2D eigenvalue weighted by atomic mass is 9.94. The van der Waals surface area contributed by atoms with Crippen LogP contribution in [0.3, 0.4) is 0 Å². The van der Waals surface area contributed by atoms with Crippen molar-refractivity contribution < 1.29 is 19.0 Å². The molecule has 0 radical (unpaired) electrons. The maximum Gasteiger partial charge on any atom is 0.260 e. The Morgan fingerprint density at radius 2 is 1.95 bits per heavy atom. The summed E-state index contributed by atoms with van der Waals surface area (Å²) in [5.74, 6) is 0.0236. The normalized spacial score (nSPS) is 18.2. The van der Waals surface area contributed by atoms with Crippen LogP contribution in [0.15, 0.2) is 24.3 Å². The van der Waals surface area contributed by atoms with E-state index in [2.05, 4.69) is 0 Å². The van der Waals surface area contributed by atoms with Crippen molar-refractivity contribution in [3.05, 3.63) is 30.1 Å². The van der Waals surface area contributed by atoms with Crippen molar-refractivity contribution in [3.8, 4) is 5.75 Å². The SMILES string of the molecule is CC1(O)CCN(C(=O)COc2ccc(F)cc2)CC1. The fourth-order valence-electron chi connectivity index (χ4n) is 2.01. The molecule has 1 aromatic rings. The van der Waals surface area contributed by atoms with Gasteiger partial charge in [0.2, 0.25) is 0 Å². The highest BCUT2D eigenvalue weighted by Gasteiger charge is 2.29. The monoisotopic (exact) mass is 267 g/mol. The van der Waals surface area contributed by atoms with Gasteiger partial charge in [-0.05, 0) is 44.0 Å². The average molecular weight is 267 g/mol. The molecular formula is C14H18FNO3. The molecule has 1 aliphatic rings. The molecule has 1 aliphatic heterocycles. The molecule has 1 aromatic carbocycles. The van der Waals surface area contributed by atoms with Gasteiger partial charge in [0.25, 0.3) is 5.91 Å². The molecule has 0 unspecified atom stereocenters. The number of rotatable bonds is 3. The second kappa shape index (κ2) is 5.57. The van der Waals surface area contributed by atoms with E-state index in [0.717, 1.165) is 0 Å². The largest absolute Gasteiger partial charge is 0.484 e. The van der Waals surface area contributed by atoms with Crippen molar-refractivity contribution >= 4 is 5.91 Å². The zero-order valence-corrected chi connectivity index (χ0v) is 10.9. The summed E-state index contributed by atoms with van der Waals surface area (Å²) in [6, 6.07) is 5.56. The van der Waals surface area contributed by atoms with Gasteiger partial charge < -0.3 is 14.7 Å². The first kappa shape index (κ1) is 13.8. The van der Waals surface area contributed by atoms with Crippen molar-refractivity contribution in [1.82, 2.24) is 4.90 Å². The summed E-state index contributed by atoms with van der Waals surface area (Å²) in [4.78, 5) is 13.6. The van der Waals surface area contributed by atoms with E-state index in [1.54, 1.807) is 11.8 Å². The Balaban J connectivity index is 1.80. The minimum absolute atomic E-state index is 0.0617. The molecule has 1 amide bonds. The van der Waals surface area contributed by atoms with E-state index in [-0.39, 0.29) is 18.3 Å². The van der Waals surface area contributed by atoms with E-state index in [1.807, 2.05) is 0 Å². The van der Waals surface area contributed by atoms with Crippen LogP contribution in [0.4, 0.5) is 4.39 Å². The number of ether oxygens (including phenoxy) is 1. The summed E-state index contributed by atoms with van der Waals surface area (Å²) in [5.41, 5.74) is -0.672. The molecule has 0 saturated carbocycles. The number of halogens is 1. The Kier molecular flexibility index (Phi) is 4.04. The van der Waals surface area contributed by atoms with E-state index in [0.29, 0.717) is 31.7 Å². The molecule has 0 bridgehead atoms. The third-order valence-corrected chi connectivity index (χ3v) is 3.37. The molecule has 104 valence electrons. The lowest BCUT2D eigenvalue weighted by molar-refractivity contribution is -0.137. The summed E-state index contributed by atoms with van der Waals surface area (Å²) in [6.45, 7) is 2.80. The first-order valence-electron chi connectivity index (χ1n) is 6.35. The third-order valence-electron chi connectivity index (χ3n) is 3.37. The minimum atomic E-state index is -0.672. The van der Waals surface area contributed by atoms with E-state index in [4.69, 9.17) is 4.74 Å². The van der Waals surface area contributed by atoms with Crippen molar-refractivity contribution in [2.45, 2.75) is 25.4 Å². The van der Waals surface area contributed by atoms with Gasteiger partial charge in [-0.2, -0.15) is 0 Å². The molecule has 2 rings (SSSR count). The van der Waals surface area contributed by atoms with Gasteiger partial charge in [0.15, 0.2) is 6.61 Å². The van der Waals surface area contributed by atoms with Crippen LogP contribution >= 0.6 is 0 Å². The summed E-state index contributed by atoms with van der Waals surface area (Å²) < 4.78 is 18.0. The molecule has 19 heavy (non-hydrogen) atoms. The summed E-state index contributed by atoms with van der Waals surface area (Å²) in [5, 5.41) is 9.80. The van der Waals surface area contributed by atoms with Gasteiger partial charge in [0.05, 0.1) is 5.60 Å². The first-order valence-corrected chi connectivity index (χ1v) is 6.35. The van der Waals surface area contributed by atoms with Gasteiger partial charge >= 0.3 is 0 Å². The Bertz CT molecular complexity index is 435. The number of nitrogens with zero attached hydrogens (tertiary/aromatic N) is 1. The van der Waals surface area contributed by atoms with Crippen LogP contribution in [0, 0.1) is 5.82 Å². The van der Waals surface area contributed by atoms with Gasteiger partial charge in [-0.15, -0.1) is 0 Å². The lowest BCUT2D eigenvalue weighted by Crippen LogP contribution is -2.46. The number of likely N-dealkylation sites (tertiary alicyclic amines) is 1. The minimum Gasteiger partial charge on any atom is -0.484 e. The molecule has 1 N–H and O–H groups in total. The summed E-state index contributed by atoms with van der Waals surface area (Å²) in [6.07, 6.45) is 1.16. The Hall–Kier alpha value is -1.62. The standard InChI is InChI=1S/C14H18FNO3/c1-14(18)6-8-16(9-7-14)13(17)10-19-12-4-2-11(15)3-5-12/h2-5,18H,6-10H2,1H3. The molecule has 4 nitrogen and oxygen atoms in total. The Morgan fingerprint density at radius 3 is 2.53 bits per heavy atom. The smallest absolute Gasteiger partial charge is 0.260 e. The number of carbonyl (C=O) groups is 1. The van der Waals surface area contributed by atoms with Crippen LogP contribution in [0.25, 0.3) is 0 Å². The van der Waals surface area contributed by atoms with E-state index < -0.39 is 5.60 Å². The third kappa shape index (κ3) is 3.92. The molecule has 0 spiro atoms. The number of hydrogen-bond donors (Lipinski definition) is 1. The fraction of sp³-hybridized carbons (Fsp3) is 0.500. The highest BCUT2D eigenvalue weighted by atomic mass is 19.1. The van der Waals surface area contributed by atoms with Crippen LogP contribution in [0.1, 0.15) is 19.8 Å². The van der Waals surface area contributed by atoms with Gasteiger partial charge in [0, 0.05) is 13.1 Å². The van der Waals surface area contributed by atoms with E-state index in [9.17, 15) is 14.3 Å². The second-order valence-electron chi connectivity index (χ2n) is 5.12. The predicted octanol–water partition coefficient (Wildman–Crippen LogP) is 1.58. The van der Waals surface area contributed by atoms with Crippen LogP contribution in [0.5, 0.6) is 5.75 Å². The van der Waals surface area contributed by atoms with Crippen LogP contribution in [-0.2, 0) is 4.79 Å². The molecule has 0 atom stereocenters. The zero-order valence-electron chi connectivity index (χ0n) is 10.9. The number of amides is 1. The quantitative estimate of drug-likeness (QED) is 0.904. The van der Waals surface area contributed by atoms with Crippen molar-refractivity contribution in [3.63, 3.8) is 0 Å². The Labute approximate surface area is 111 Å². The van der Waals surface area contributed by atoms with Crippen molar-refractivity contribution in [1.29, 1.82) is 0 Å². The summed E-state index contributed by atoms with van der Waals surface area (Å²) in [7, 11) is 0. The highest BCUT2D eigenvalue weighted by molar-refractivity contribution is 5.77. The molecular weight excluding hydrogens is 249 g/mol. The summed E-state index contributed by atoms with van der Waals surface area (Å²) >= 11 is 0. The Morgan fingerprint density at radius 1 is 1.37 bits per heavy atom. The van der Waals surface area contributed by atoms with Crippen LogP contribution in [-0.4, -0.2) is 41.2 Å². The molecule has 0 aliphatic carbocycles. The maximum atomic E-state index is 12.7. The molecule has 0 aromatic heterocycles. The van der Waals surface area contributed by atoms with Crippen molar-refractivity contribution in [2.75, 3.05) is 19.7 Å².